The van der Waals surface area contributed by atoms with Crippen molar-refractivity contribution in [2.45, 2.75) is 57.2 Å². The van der Waals surface area contributed by atoms with Gasteiger partial charge in [-0.05, 0) is 0 Å². The van der Waals surface area contributed by atoms with Crippen LogP contribution in [0.15, 0.2) is 0 Å². The summed E-state index contributed by atoms with van der Waals surface area (Å²) in [5, 5.41) is -6.58. The highest BCUT2D eigenvalue weighted by molar-refractivity contribution is 6.48. The van der Waals surface area contributed by atoms with Crippen molar-refractivity contribution in [2.24, 2.45) is 0 Å². The summed E-state index contributed by atoms with van der Waals surface area (Å²) in [7, 11) is 0. The van der Waals surface area contributed by atoms with Crippen LogP contribution < -0.4 is 0 Å². The van der Waals surface area contributed by atoms with Crippen LogP contribution in [0.1, 0.15) is 0 Å². The van der Waals surface area contributed by atoms with Gasteiger partial charge in [-0.2, -0.15) is 74.6 Å². The molecule has 1 fully saturated rings. The van der Waals surface area contributed by atoms with Crippen molar-refractivity contribution in [1.29, 1.82) is 0 Å². The van der Waals surface area contributed by atoms with Crippen LogP contribution in [-0.4, -0.2) is 57.2 Å². The normalized spacial score (nSPS) is 27.5. The molecule has 21 heteroatoms. The first-order chi connectivity index (χ1) is 13.0. The summed E-state index contributed by atoms with van der Waals surface area (Å²) in [6.45, 7) is 0. The summed E-state index contributed by atoms with van der Waals surface area (Å²) in [6, 6.07) is 0. The van der Waals surface area contributed by atoms with Crippen LogP contribution in [0.4, 0.5) is 74.6 Å². The zero-order chi connectivity index (χ0) is 25.7. The SMILES string of the molecule is FC(F)(F)C(F)(F)C(F)(F)C(F)(F)C(F)(F)C(F)(F)C1(Cl)OC(Cl)(Cl)C(F)(F)C1(F)F. The Morgan fingerprint density at radius 2 is 0.806 bits per heavy atom. The van der Waals surface area contributed by atoms with E-state index < -0.39 is 57.2 Å². The number of alkyl halides is 20. The third-order valence-corrected chi connectivity index (χ3v) is 4.95. The molecule has 1 atom stereocenters. The highest BCUT2D eigenvalue weighted by Gasteiger charge is 2.99. The van der Waals surface area contributed by atoms with Crippen LogP contribution in [0.3, 0.4) is 0 Å². The number of ether oxygens (including phenoxy) is 1. The van der Waals surface area contributed by atoms with Gasteiger partial charge in [0, 0.05) is 0 Å². The monoisotopic (exact) mass is 564 g/mol. The summed E-state index contributed by atoms with van der Waals surface area (Å²) in [5.74, 6) is -55.2. The molecular formula is C10Cl3F17O. The second-order valence-corrected chi connectivity index (χ2v) is 7.52. The van der Waals surface area contributed by atoms with E-state index in [2.05, 4.69) is 39.5 Å². The first kappa shape index (κ1) is 28.7. The Labute approximate surface area is 172 Å². The van der Waals surface area contributed by atoms with E-state index >= 15 is 0 Å². The number of hydrogen-bond donors (Lipinski definition) is 0. The minimum absolute atomic E-state index is 2.76. The van der Waals surface area contributed by atoms with Crippen molar-refractivity contribution >= 4 is 34.8 Å². The van der Waals surface area contributed by atoms with Gasteiger partial charge in [-0.3, -0.25) is 0 Å². The summed E-state index contributed by atoms with van der Waals surface area (Å²) in [6.07, 6.45) is -7.79. The molecule has 0 radical (unpaired) electrons. The Balaban J connectivity index is 3.80. The highest BCUT2D eigenvalue weighted by atomic mass is 35.5. The molecule has 0 aromatic carbocycles. The average molecular weight is 565 g/mol. The Morgan fingerprint density at radius 3 is 1.06 bits per heavy atom. The Bertz CT molecular complexity index is 728. The standard InChI is InChI=1S/C10Cl3F17O/c11-1(3(16,17)7(24,25)9(12,13)31-1)2(14,15)4(18,19)5(20,21)6(22,23)8(26,27)10(28,29)30. The Morgan fingerprint density at radius 1 is 0.484 bits per heavy atom. The van der Waals surface area contributed by atoms with Crippen molar-refractivity contribution in [2.75, 3.05) is 0 Å². The van der Waals surface area contributed by atoms with E-state index in [1.54, 1.807) is 0 Å². The molecule has 0 aromatic rings. The maximum absolute atomic E-state index is 13.9. The lowest BCUT2D eigenvalue weighted by Crippen LogP contribution is -2.75. The van der Waals surface area contributed by atoms with Crippen molar-refractivity contribution in [3.05, 3.63) is 0 Å². The zero-order valence-electron chi connectivity index (χ0n) is 13.0. The predicted molar refractivity (Wildman–Crippen MR) is 64.8 cm³/mol. The Kier molecular flexibility index (Phi) is 6.12. The molecule has 1 rings (SSSR count). The highest BCUT2D eigenvalue weighted by Crippen LogP contribution is 2.71. The molecule has 0 aromatic heterocycles. The zero-order valence-corrected chi connectivity index (χ0v) is 15.2. The number of halogens is 20. The van der Waals surface area contributed by atoms with E-state index in [0.717, 1.165) is 0 Å². The maximum Gasteiger partial charge on any atom is 0.460 e. The molecule has 0 saturated carbocycles. The van der Waals surface area contributed by atoms with Gasteiger partial charge in [-0.1, -0.05) is 34.8 Å². The lowest BCUT2D eigenvalue weighted by Gasteiger charge is -2.44. The molecule has 0 spiro atoms. The van der Waals surface area contributed by atoms with Gasteiger partial charge in [0.25, 0.3) is 9.58 Å². The molecule has 186 valence electrons. The Hall–Kier alpha value is -0.360. The molecule has 1 nitrogen and oxygen atoms in total. The minimum atomic E-state index is -8.59. The van der Waals surface area contributed by atoms with E-state index in [-0.39, 0.29) is 0 Å². The fourth-order valence-electron chi connectivity index (χ4n) is 1.92. The van der Waals surface area contributed by atoms with Gasteiger partial charge in [-0.15, -0.1) is 0 Å². The largest absolute Gasteiger partial charge is 0.460 e. The van der Waals surface area contributed by atoms with E-state index in [1.165, 1.54) is 0 Å². The van der Waals surface area contributed by atoms with Gasteiger partial charge in [0.15, 0.2) is 0 Å². The quantitative estimate of drug-likeness (QED) is 0.256. The van der Waals surface area contributed by atoms with Gasteiger partial charge in [0.1, 0.15) is 0 Å². The average Bonchev–Trinajstić information content (AvgIpc) is 2.60. The smallest absolute Gasteiger partial charge is 0.307 e. The molecule has 0 amide bonds. The van der Waals surface area contributed by atoms with Crippen molar-refractivity contribution < 1.29 is 79.4 Å². The summed E-state index contributed by atoms with van der Waals surface area (Å²) in [4.78, 5) is 0. The fraction of sp³-hybridized carbons (Fsp3) is 1.00. The molecule has 31 heavy (non-hydrogen) atoms. The topological polar surface area (TPSA) is 9.23 Å². The molecule has 0 N–H and O–H groups in total. The molecular weight excluding hydrogens is 565 g/mol. The second-order valence-electron chi connectivity index (χ2n) is 5.73. The van der Waals surface area contributed by atoms with Crippen LogP contribution in [0.5, 0.6) is 0 Å². The van der Waals surface area contributed by atoms with Crippen LogP contribution in [0, 0.1) is 0 Å². The number of rotatable bonds is 5. The molecule has 1 heterocycles. The molecule has 1 saturated heterocycles. The molecule has 1 unspecified atom stereocenters. The predicted octanol–water partition coefficient (Wildman–Crippen LogP) is 7.09. The maximum atomic E-state index is 13.9. The number of hydrogen-bond acceptors (Lipinski definition) is 1. The van der Waals surface area contributed by atoms with Gasteiger partial charge >= 0.3 is 47.6 Å². The third kappa shape index (κ3) is 3.02. The van der Waals surface area contributed by atoms with Crippen molar-refractivity contribution in [1.82, 2.24) is 0 Å². The summed E-state index contributed by atoms with van der Waals surface area (Å²) < 4.78 is 221. The third-order valence-electron chi connectivity index (χ3n) is 3.77. The van der Waals surface area contributed by atoms with Gasteiger partial charge < -0.3 is 4.74 Å². The summed E-state index contributed by atoms with van der Waals surface area (Å²) >= 11 is 12.9. The summed E-state index contributed by atoms with van der Waals surface area (Å²) in [5.41, 5.74) is 0. The molecule has 1 aliphatic rings. The molecule has 0 bridgehead atoms. The van der Waals surface area contributed by atoms with Gasteiger partial charge in [-0.25, -0.2) is 0 Å². The first-order valence-electron chi connectivity index (χ1n) is 6.44. The van der Waals surface area contributed by atoms with E-state index in [4.69, 9.17) is 0 Å². The van der Waals surface area contributed by atoms with Crippen LogP contribution in [0.25, 0.3) is 0 Å². The van der Waals surface area contributed by atoms with Gasteiger partial charge in [0.2, 0.25) is 0 Å². The lowest BCUT2D eigenvalue weighted by atomic mass is 9.89. The lowest BCUT2D eigenvalue weighted by molar-refractivity contribution is -0.450. The van der Waals surface area contributed by atoms with E-state index in [1.807, 2.05) is 0 Å². The van der Waals surface area contributed by atoms with E-state index in [9.17, 15) is 74.6 Å². The minimum Gasteiger partial charge on any atom is -0.307 e. The molecule has 0 aliphatic carbocycles. The molecule has 1 aliphatic heterocycles. The van der Waals surface area contributed by atoms with Crippen LogP contribution in [-0.2, 0) is 4.74 Å². The van der Waals surface area contributed by atoms with Gasteiger partial charge in [0.05, 0.1) is 0 Å². The fourth-order valence-corrected chi connectivity index (χ4v) is 2.82. The van der Waals surface area contributed by atoms with Crippen LogP contribution in [0.2, 0.25) is 0 Å². The second kappa shape index (κ2) is 6.61. The van der Waals surface area contributed by atoms with Crippen LogP contribution >= 0.6 is 34.8 Å². The van der Waals surface area contributed by atoms with Crippen molar-refractivity contribution in [3.8, 4) is 0 Å². The van der Waals surface area contributed by atoms with Crippen molar-refractivity contribution in [3.63, 3.8) is 0 Å². The van der Waals surface area contributed by atoms with E-state index in [0.29, 0.717) is 0 Å². The first-order valence-corrected chi connectivity index (χ1v) is 7.57.